The average Bonchev–Trinajstić information content (AvgIpc) is 2.95. The molecule has 0 unspecified atom stereocenters. The molecule has 0 aliphatic rings. The predicted molar refractivity (Wildman–Crippen MR) is 91.9 cm³/mol. The number of nitrogens with zero attached hydrogens (tertiary/aromatic N) is 1. The summed E-state index contributed by atoms with van der Waals surface area (Å²) in [5.74, 6) is -0.0990. The molecule has 0 aliphatic heterocycles. The predicted octanol–water partition coefficient (Wildman–Crippen LogP) is 5.35. The number of alkyl halides is 3. The van der Waals surface area contributed by atoms with Crippen molar-refractivity contribution in [1.82, 2.24) is 5.16 Å². The Morgan fingerprint density at radius 1 is 1.07 bits per heavy atom. The van der Waals surface area contributed by atoms with E-state index in [0.717, 1.165) is 12.1 Å². The van der Waals surface area contributed by atoms with Gasteiger partial charge in [0.25, 0.3) is 5.91 Å². The van der Waals surface area contributed by atoms with Crippen LogP contribution in [0.2, 0.25) is 0 Å². The number of nitrogens with one attached hydrogen (secondary N) is 1. The van der Waals surface area contributed by atoms with E-state index in [9.17, 15) is 18.0 Å². The van der Waals surface area contributed by atoms with Crippen LogP contribution in [0, 0.1) is 13.8 Å². The maximum atomic E-state index is 13.5. The van der Waals surface area contributed by atoms with E-state index in [2.05, 4.69) is 10.5 Å². The van der Waals surface area contributed by atoms with Crippen LogP contribution in [0.25, 0.3) is 0 Å². The Morgan fingerprint density at radius 3 is 2.37 bits per heavy atom. The third-order valence-electron chi connectivity index (χ3n) is 3.78. The SMILES string of the molecule is Cc1noc(C)c1C(=O)Nc1ccc(Oc2ccccc2)cc1C(F)(F)F. The van der Waals surface area contributed by atoms with Crippen molar-refractivity contribution in [2.45, 2.75) is 20.0 Å². The van der Waals surface area contributed by atoms with Crippen LogP contribution in [0.1, 0.15) is 27.4 Å². The number of carbonyl (C=O) groups excluding carboxylic acids is 1. The molecule has 5 nitrogen and oxygen atoms in total. The first kappa shape index (κ1) is 18.5. The van der Waals surface area contributed by atoms with Gasteiger partial charge in [0.15, 0.2) is 0 Å². The van der Waals surface area contributed by atoms with E-state index in [1.807, 2.05) is 0 Å². The summed E-state index contributed by atoms with van der Waals surface area (Å²) in [7, 11) is 0. The second-order valence-electron chi connectivity index (χ2n) is 5.77. The van der Waals surface area contributed by atoms with Gasteiger partial charge in [0.2, 0.25) is 0 Å². The molecule has 140 valence electrons. The smallest absolute Gasteiger partial charge is 0.418 e. The normalized spacial score (nSPS) is 11.3. The molecule has 1 N–H and O–H groups in total. The van der Waals surface area contributed by atoms with Crippen molar-refractivity contribution in [3.8, 4) is 11.5 Å². The first-order valence-electron chi connectivity index (χ1n) is 7.94. The first-order valence-corrected chi connectivity index (χ1v) is 7.94. The molecule has 0 radical (unpaired) electrons. The zero-order valence-corrected chi connectivity index (χ0v) is 14.4. The molecular weight excluding hydrogens is 361 g/mol. The van der Waals surface area contributed by atoms with Gasteiger partial charge >= 0.3 is 6.18 Å². The topological polar surface area (TPSA) is 64.4 Å². The van der Waals surface area contributed by atoms with Gasteiger partial charge in [-0.2, -0.15) is 13.2 Å². The Morgan fingerprint density at radius 2 is 1.78 bits per heavy atom. The van der Waals surface area contributed by atoms with Crippen molar-refractivity contribution >= 4 is 11.6 Å². The highest BCUT2D eigenvalue weighted by Crippen LogP contribution is 2.38. The molecule has 0 saturated carbocycles. The lowest BCUT2D eigenvalue weighted by Crippen LogP contribution is -2.17. The third-order valence-corrected chi connectivity index (χ3v) is 3.78. The van der Waals surface area contributed by atoms with Gasteiger partial charge in [0, 0.05) is 0 Å². The van der Waals surface area contributed by atoms with Crippen molar-refractivity contribution < 1.29 is 27.2 Å². The van der Waals surface area contributed by atoms with Crippen LogP contribution in [0.3, 0.4) is 0 Å². The Bertz CT molecular complexity index is 947. The quantitative estimate of drug-likeness (QED) is 0.666. The molecule has 1 heterocycles. The van der Waals surface area contributed by atoms with Gasteiger partial charge in [-0.15, -0.1) is 0 Å². The van der Waals surface area contributed by atoms with Gasteiger partial charge in [0.05, 0.1) is 16.9 Å². The molecule has 0 aliphatic carbocycles. The highest BCUT2D eigenvalue weighted by atomic mass is 19.4. The molecular formula is C19H15F3N2O3. The minimum atomic E-state index is -4.68. The van der Waals surface area contributed by atoms with E-state index < -0.39 is 17.6 Å². The molecule has 0 saturated heterocycles. The lowest BCUT2D eigenvalue weighted by Gasteiger charge is -2.15. The molecule has 0 spiro atoms. The van der Waals surface area contributed by atoms with E-state index in [1.165, 1.54) is 19.9 Å². The second-order valence-corrected chi connectivity index (χ2v) is 5.77. The molecule has 3 rings (SSSR count). The lowest BCUT2D eigenvalue weighted by atomic mass is 10.1. The van der Waals surface area contributed by atoms with Crippen LogP contribution in [0.15, 0.2) is 53.1 Å². The van der Waals surface area contributed by atoms with Crippen LogP contribution in [0.4, 0.5) is 18.9 Å². The molecule has 1 aromatic heterocycles. The van der Waals surface area contributed by atoms with E-state index in [1.54, 1.807) is 30.3 Å². The molecule has 0 fully saturated rings. The maximum Gasteiger partial charge on any atom is 0.418 e. The monoisotopic (exact) mass is 376 g/mol. The van der Waals surface area contributed by atoms with E-state index in [4.69, 9.17) is 9.26 Å². The highest BCUT2D eigenvalue weighted by Gasteiger charge is 2.35. The Kier molecular flexibility index (Phi) is 4.89. The highest BCUT2D eigenvalue weighted by molar-refractivity contribution is 6.06. The second kappa shape index (κ2) is 7.14. The number of benzene rings is 2. The van der Waals surface area contributed by atoms with Crippen LogP contribution >= 0.6 is 0 Å². The summed E-state index contributed by atoms with van der Waals surface area (Å²) in [6.07, 6.45) is -4.68. The Labute approximate surface area is 152 Å². The van der Waals surface area contributed by atoms with Crippen molar-refractivity contribution in [3.05, 3.63) is 71.1 Å². The number of aromatic nitrogens is 1. The van der Waals surface area contributed by atoms with Gasteiger partial charge in [-0.25, -0.2) is 0 Å². The number of ether oxygens (including phenoxy) is 1. The van der Waals surface area contributed by atoms with Crippen LogP contribution in [-0.4, -0.2) is 11.1 Å². The average molecular weight is 376 g/mol. The summed E-state index contributed by atoms with van der Waals surface area (Å²) in [5, 5.41) is 5.91. The number of amides is 1. The van der Waals surface area contributed by atoms with Crippen LogP contribution in [-0.2, 0) is 6.18 Å². The first-order chi connectivity index (χ1) is 12.8. The fourth-order valence-electron chi connectivity index (χ4n) is 2.55. The molecule has 27 heavy (non-hydrogen) atoms. The summed E-state index contributed by atoms with van der Waals surface area (Å²) in [4.78, 5) is 12.4. The summed E-state index contributed by atoms with van der Waals surface area (Å²) in [6, 6.07) is 11.8. The summed E-state index contributed by atoms with van der Waals surface area (Å²) < 4.78 is 50.8. The Hall–Kier alpha value is -3.29. The number of hydrogen-bond acceptors (Lipinski definition) is 4. The zero-order chi connectivity index (χ0) is 19.6. The number of rotatable bonds is 4. The van der Waals surface area contributed by atoms with Crippen molar-refractivity contribution in [1.29, 1.82) is 0 Å². The zero-order valence-electron chi connectivity index (χ0n) is 14.4. The number of carbonyl (C=O) groups is 1. The largest absolute Gasteiger partial charge is 0.457 e. The van der Waals surface area contributed by atoms with Crippen LogP contribution < -0.4 is 10.1 Å². The van der Waals surface area contributed by atoms with Crippen molar-refractivity contribution in [2.75, 3.05) is 5.32 Å². The number of anilines is 1. The minimum absolute atomic E-state index is 0.00358. The summed E-state index contributed by atoms with van der Waals surface area (Å²) in [5.41, 5.74) is -1.00. The van der Waals surface area contributed by atoms with Gasteiger partial charge in [0.1, 0.15) is 22.8 Å². The van der Waals surface area contributed by atoms with Crippen molar-refractivity contribution in [2.24, 2.45) is 0 Å². The van der Waals surface area contributed by atoms with Gasteiger partial charge in [-0.3, -0.25) is 4.79 Å². The number of para-hydroxylation sites is 1. The number of aryl methyl sites for hydroxylation is 2. The van der Waals surface area contributed by atoms with Gasteiger partial charge < -0.3 is 14.6 Å². The van der Waals surface area contributed by atoms with E-state index >= 15 is 0 Å². The number of halogens is 3. The van der Waals surface area contributed by atoms with Gasteiger partial charge in [-0.1, -0.05) is 23.4 Å². The molecule has 0 bridgehead atoms. The molecule has 2 aromatic carbocycles. The minimum Gasteiger partial charge on any atom is -0.457 e. The number of hydrogen-bond donors (Lipinski definition) is 1. The fourth-order valence-corrected chi connectivity index (χ4v) is 2.55. The molecule has 1 amide bonds. The summed E-state index contributed by atoms with van der Waals surface area (Å²) >= 11 is 0. The standard InChI is InChI=1S/C19H15F3N2O3/c1-11-17(12(2)27-24-11)18(25)23-16-9-8-14(10-15(16)19(20,21)22)26-13-6-4-3-5-7-13/h3-10H,1-2H3,(H,23,25). The molecule has 8 heteroatoms. The molecule has 3 aromatic rings. The Balaban J connectivity index is 1.92. The third kappa shape index (κ3) is 4.11. The van der Waals surface area contributed by atoms with E-state index in [-0.39, 0.29) is 22.8 Å². The summed E-state index contributed by atoms with van der Waals surface area (Å²) in [6.45, 7) is 3.04. The van der Waals surface area contributed by atoms with Gasteiger partial charge in [-0.05, 0) is 44.2 Å². The van der Waals surface area contributed by atoms with E-state index in [0.29, 0.717) is 11.4 Å². The lowest BCUT2D eigenvalue weighted by molar-refractivity contribution is -0.137. The van der Waals surface area contributed by atoms with Crippen LogP contribution in [0.5, 0.6) is 11.5 Å². The maximum absolute atomic E-state index is 13.5. The fraction of sp³-hybridized carbons (Fsp3) is 0.158. The van der Waals surface area contributed by atoms with Crippen molar-refractivity contribution in [3.63, 3.8) is 0 Å². The molecule has 0 atom stereocenters.